The molecule has 5 rings (SSSR count). The fraction of sp³-hybridized carbons (Fsp3) is 0.405. The van der Waals surface area contributed by atoms with E-state index in [-0.39, 0.29) is 61.3 Å². The Kier molecular flexibility index (Phi) is 12.6. The SMILES string of the molecule is CCN1/C(=C/C=C/C=C/C2=[N+](CCCCCC(=O)ON3C(=O)CCC3=O)c3cc(S(=O)(=O)O)cc(S(=O)(=O)O)c3C2(C)C)C(C)(C)c2c1cc(S(=O)(=O)[O-])cc2S(=O)(=O)O. The van der Waals surface area contributed by atoms with Gasteiger partial charge in [-0.15, -0.1) is 5.06 Å². The van der Waals surface area contributed by atoms with E-state index in [2.05, 4.69) is 0 Å². The molecule has 0 unspecified atom stereocenters. The lowest BCUT2D eigenvalue weighted by Gasteiger charge is -2.26. The summed E-state index contributed by atoms with van der Waals surface area (Å²) in [6, 6.07) is 3.41. The topological polar surface area (TPSA) is 290 Å². The lowest BCUT2D eigenvalue weighted by Crippen LogP contribution is -2.31. The highest BCUT2D eigenvalue weighted by molar-refractivity contribution is 7.87. The standard InChI is InChI=1S/C37H43N3O16S4/c1-6-38-25-19-23(57(44,45)46)21-27(59(50,51)52)34(25)36(2,3)29(38)13-9-7-10-14-30-37(4,5)35-26(20-24(58(47,48)49)22-28(35)60(53,54)55)39(30)18-12-8-11-15-33(43)56-40-31(41)16-17-32(40)42/h7,9-10,13-14,19-22H,6,8,11-12,15-18H2,1-5H3,(H3-,44,45,46,47,48,49,50,51,52,53,54,55). The fourth-order valence-corrected chi connectivity index (χ4v) is 10.8. The van der Waals surface area contributed by atoms with Gasteiger partial charge in [-0.25, -0.2) is 13.2 Å². The van der Waals surface area contributed by atoms with Crippen molar-refractivity contribution >= 4 is 75.3 Å². The van der Waals surface area contributed by atoms with Crippen LogP contribution in [0.5, 0.6) is 0 Å². The number of fused-ring (bicyclic) bond motifs is 2. The summed E-state index contributed by atoms with van der Waals surface area (Å²) < 4.78 is 143. The number of rotatable bonds is 15. The molecule has 19 nitrogen and oxygen atoms in total. The Balaban J connectivity index is 1.50. The number of carbonyl (C=O) groups is 3. The van der Waals surface area contributed by atoms with E-state index in [1.165, 1.54) is 0 Å². The van der Waals surface area contributed by atoms with Crippen molar-refractivity contribution in [3.05, 3.63) is 71.5 Å². The largest absolute Gasteiger partial charge is 0.744 e. The fourth-order valence-electron chi connectivity index (χ4n) is 7.78. The van der Waals surface area contributed by atoms with E-state index in [0.29, 0.717) is 41.4 Å². The van der Waals surface area contributed by atoms with Crippen LogP contribution >= 0.6 is 0 Å². The molecule has 3 aliphatic rings. The van der Waals surface area contributed by atoms with Crippen molar-refractivity contribution in [1.29, 1.82) is 0 Å². The number of unbranched alkanes of at least 4 members (excludes halogenated alkanes) is 2. The lowest BCUT2D eigenvalue weighted by atomic mass is 9.81. The molecule has 2 aromatic rings. The summed E-state index contributed by atoms with van der Waals surface area (Å²) >= 11 is 0. The Morgan fingerprint density at radius 1 is 0.783 bits per heavy atom. The first-order valence-corrected chi connectivity index (χ1v) is 24.1. The van der Waals surface area contributed by atoms with Gasteiger partial charge in [-0.05, 0) is 57.9 Å². The van der Waals surface area contributed by atoms with Crippen LogP contribution < -0.4 is 4.90 Å². The third-order valence-corrected chi connectivity index (χ3v) is 13.9. The van der Waals surface area contributed by atoms with Crippen LogP contribution in [-0.2, 0) is 70.5 Å². The maximum Gasteiger partial charge on any atom is 0.333 e. The molecular formula is C37H43N3O16S4. The highest BCUT2D eigenvalue weighted by atomic mass is 32.2. The van der Waals surface area contributed by atoms with Gasteiger partial charge in [0.25, 0.3) is 42.2 Å². The zero-order valence-corrected chi connectivity index (χ0v) is 36.2. The van der Waals surface area contributed by atoms with Gasteiger partial charge in [0.2, 0.25) is 5.69 Å². The van der Waals surface area contributed by atoms with Crippen LogP contribution in [0, 0.1) is 0 Å². The van der Waals surface area contributed by atoms with Crippen LogP contribution in [0.1, 0.15) is 84.3 Å². The van der Waals surface area contributed by atoms with Crippen LogP contribution in [0.25, 0.3) is 0 Å². The van der Waals surface area contributed by atoms with Gasteiger partial charge in [-0.3, -0.25) is 23.2 Å². The van der Waals surface area contributed by atoms with Crippen molar-refractivity contribution < 1.29 is 75.7 Å². The number of likely N-dealkylation sites (N-methyl/N-ethyl adjacent to an activating group) is 1. The van der Waals surface area contributed by atoms with Crippen LogP contribution in [0.15, 0.2) is 79.9 Å². The molecule has 0 aliphatic carbocycles. The van der Waals surface area contributed by atoms with Crippen molar-refractivity contribution in [2.24, 2.45) is 0 Å². The van der Waals surface area contributed by atoms with Gasteiger partial charge in [0, 0.05) is 66.7 Å². The molecule has 3 N–H and O–H groups in total. The van der Waals surface area contributed by atoms with Crippen LogP contribution in [0.3, 0.4) is 0 Å². The molecule has 0 spiro atoms. The van der Waals surface area contributed by atoms with E-state index < -0.39 is 88.7 Å². The number of hydrogen-bond donors (Lipinski definition) is 3. The van der Waals surface area contributed by atoms with Gasteiger partial charge < -0.3 is 14.3 Å². The molecule has 2 amide bonds. The molecular weight excluding hydrogens is 871 g/mol. The van der Waals surface area contributed by atoms with Gasteiger partial charge in [-0.1, -0.05) is 32.1 Å². The second-order valence-corrected chi connectivity index (χ2v) is 20.8. The van der Waals surface area contributed by atoms with Gasteiger partial charge in [0.15, 0.2) is 5.71 Å². The molecule has 0 radical (unpaired) electrons. The predicted molar refractivity (Wildman–Crippen MR) is 211 cm³/mol. The van der Waals surface area contributed by atoms with Crippen LogP contribution in [0.4, 0.5) is 11.4 Å². The third kappa shape index (κ3) is 9.17. The number of imide groups is 1. The number of carbonyl (C=O) groups excluding carboxylic acids is 3. The zero-order valence-electron chi connectivity index (χ0n) is 33.0. The van der Waals surface area contributed by atoms with Gasteiger partial charge in [-0.2, -0.15) is 29.8 Å². The summed E-state index contributed by atoms with van der Waals surface area (Å²) in [6.07, 6.45) is 8.58. The average Bonchev–Trinajstić information content (AvgIpc) is 3.63. The normalized spacial score (nSPS) is 18.7. The summed E-state index contributed by atoms with van der Waals surface area (Å²) in [4.78, 5) is 39.3. The first-order chi connectivity index (χ1) is 27.5. The molecule has 3 heterocycles. The predicted octanol–water partition coefficient (Wildman–Crippen LogP) is 3.69. The molecule has 0 atom stereocenters. The minimum atomic E-state index is -5.13. The summed E-state index contributed by atoms with van der Waals surface area (Å²) in [6.45, 7) is 8.57. The Labute approximate surface area is 347 Å². The number of allylic oxidation sites excluding steroid dienone is 6. The van der Waals surface area contributed by atoms with Gasteiger partial charge in [0.05, 0.1) is 15.9 Å². The quantitative estimate of drug-likeness (QED) is 0.0755. The zero-order chi connectivity index (χ0) is 45.0. The minimum Gasteiger partial charge on any atom is -0.744 e. The van der Waals surface area contributed by atoms with E-state index in [9.17, 15) is 66.3 Å². The van der Waals surface area contributed by atoms with Crippen molar-refractivity contribution in [3.8, 4) is 0 Å². The number of benzene rings is 2. The lowest BCUT2D eigenvalue weighted by molar-refractivity contribution is -0.438. The highest BCUT2D eigenvalue weighted by Gasteiger charge is 2.49. The molecule has 3 aliphatic heterocycles. The van der Waals surface area contributed by atoms with Crippen molar-refractivity contribution in [2.75, 3.05) is 18.0 Å². The second kappa shape index (κ2) is 16.3. The van der Waals surface area contributed by atoms with E-state index in [1.54, 1.807) is 74.5 Å². The summed E-state index contributed by atoms with van der Waals surface area (Å²) in [5.41, 5.74) is -1.24. The summed E-state index contributed by atoms with van der Waals surface area (Å²) in [5, 5.41) is 0.441. The molecule has 2 aromatic carbocycles. The Bertz CT molecular complexity index is 2750. The highest BCUT2D eigenvalue weighted by Crippen LogP contribution is 2.51. The van der Waals surface area contributed by atoms with Crippen molar-refractivity contribution in [2.45, 2.75) is 104 Å². The monoisotopic (exact) mass is 913 g/mol. The van der Waals surface area contributed by atoms with Crippen LogP contribution in [0.2, 0.25) is 0 Å². The maximum atomic E-state index is 12.7. The smallest absolute Gasteiger partial charge is 0.333 e. The second-order valence-electron chi connectivity index (χ2n) is 15.2. The Morgan fingerprint density at radius 3 is 1.92 bits per heavy atom. The van der Waals surface area contributed by atoms with Gasteiger partial charge >= 0.3 is 5.97 Å². The van der Waals surface area contributed by atoms with E-state index >= 15 is 0 Å². The summed E-state index contributed by atoms with van der Waals surface area (Å²) in [5.74, 6) is -2.05. The van der Waals surface area contributed by atoms with E-state index in [4.69, 9.17) is 4.84 Å². The number of nitrogens with zero attached hydrogens (tertiary/aromatic N) is 3. The molecule has 23 heteroatoms. The third-order valence-electron chi connectivity index (χ3n) is 10.5. The number of hydrogen-bond acceptors (Lipinski definition) is 14. The Hall–Kier alpha value is -4.62. The number of anilines is 1. The molecule has 1 fully saturated rings. The number of hydroxylamine groups is 2. The van der Waals surface area contributed by atoms with Gasteiger partial charge in [0.1, 0.15) is 31.3 Å². The number of amides is 2. The minimum absolute atomic E-state index is 0.0323. The van der Waals surface area contributed by atoms with Crippen LogP contribution in [-0.4, -0.2) is 98.1 Å². The maximum absolute atomic E-state index is 12.7. The Morgan fingerprint density at radius 2 is 1.37 bits per heavy atom. The molecule has 1 saturated heterocycles. The molecule has 0 aromatic heterocycles. The van der Waals surface area contributed by atoms with Crippen molar-refractivity contribution in [3.63, 3.8) is 0 Å². The van der Waals surface area contributed by atoms with E-state index in [0.717, 1.165) is 12.1 Å². The molecule has 60 heavy (non-hydrogen) atoms. The van der Waals surface area contributed by atoms with Crippen molar-refractivity contribution in [1.82, 2.24) is 5.06 Å². The molecule has 326 valence electrons. The molecule has 0 bridgehead atoms. The first-order valence-electron chi connectivity index (χ1n) is 18.3. The summed E-state index contributed by atoms with van der Waals surface area (Å²) in [7, 11) is -20.2. The molecule has 0 saturated carbocycles. The average molecular weight is 914 g/mol. The first kappa shape index (κ1) is 46.4. The van der Waals surface area contributed by atoms with E-state index in [1.807, 2.05) is 0 Å².